The third-order valence-corrected chi connectivity index (χ3v) is 5.82. The number of rotatable bonds is 5. The van der Waals surface area contributed by atoms with Crippen LogP contribution in [0, 0.1) is 0 Å². The SMILES string of the molecule is COc1cc2c(-c3c[nH]c4ccccc34)[n+](N)c(-c3ccccc3)cc2c(OC)c1OC. The van der Waals surface area contributed by atoms with Crippen LogP contribution in [0.2, 0.25) is 0 Å². The molecule has 0 fully saturated rings. The van der Waals surface area contributed by atoms with E-state index in [1.807, 2.05) is 66.9 Å². The number of nitrogens with one attached hydrogen (secondary N) is 1. The number of nitrogens with zero attached hydrogens (tertiary/aromatic N) is 1. The number of aromatic amines is 1. The zero-order valence-corrected chi connectivity index (χ0v) is 18.2. The first kappa shape index (κ1) is 19.8. The molecule has 32 heavy (non-hydrogen) atoms. The summed E-state index contributed by atoms with van der Waals surface area (Å²) in [6, 6.07) is 22.2. The van der Waals surface area contributed by atoms with E-state index in [4.69, 9.17) is 20.1 Å². The van der Waals surface area contributed by atoms with Gasteiger partial charge < -0.3 is 19.2 Å². The Morgan fingerprint density at radius 2 is 1.47 bits per heavy atom. The average Bonchev–Trinajstić information content (AvgIpc) is 3.26. The maximum Gasteiger partial charge on any atom is 0.252 e. The van der Waals surface area contributed by atoms with E-state index in [1.165, 1.54) is 0 Å². The monoisotopic (exact) mass is 426 g/mol. The van der Waals surface area contributed by atoms with Crippen molar-refractivity contribution in [1.82, 2.24) is 4.98 Å². The summed E-state index contributed by atoms with van der Waals surface area (Å²) in [5, 5.41) is 2.85. The van der Waals surface area contributed by atoms with Crippen LogP contribution in [0.1, 0.15) is 0 Å². The molecule has 0 saturated heterocycles. The standard InChI is InChI=1S/C26H23N3O3/c1-30-23-14-18-19(25(31-2)26(23)32-3)13-22(16-9-5-4-6-10-16)29(27)24(18)20-15-28-21-12-8-7-11-17(20)21/h4-15H,27H2,1-3H3/p+1. The maximum absolute atomic E-state index is 6.81. The Kier molecular flexibility index (Phi) is 4.82. The molecule has 0 aliphatic carbocycles. The van der Waals surface area contributed by atoms with Gasteiger partial charge in [0.05, 0.1) is 32.3 Å². The molecule has 0 aliphatic rings. The summed E-state index contributed by atoms with van der Waals surface area (Å²) in [6.07, 6.45) is 1.99. The molecule has 0 bridgehead atoms. The van der Waals surface area contributed by atoms with Crippen molar-refractivity contribution in [3.8, 4) is 39.8 Å². The van der Waals surface area contributed by atoms with Gasteiger partial charge in [0.2, 0.25) is 11.4 Å². The zero-order valence-electron chi connectivity index (χ0n) is 18.2. The minimum absolute atomic E-state index is 0.543. The van der Waals surface area contributed by atoms with Crippen molar-refractivity contribution >= 4 is 21.7 Å². The number of fused-ring (bicyclic) bond motifs is 2. The van der Waals surface area contributed by atoms with Crippen LogP contribution in [0.25, 0.3) is 44.2 Å². The Labute approximate surface area is 185 Å². The highest BCUT2D eigenvalue weighted by atomic mass is 16.5. The second-order valence-corrected chi connectivity index (χ2v) is 7.47. The lowest BCUT2D eigenvalue weighted by atomic mass is 9.98. The van der Waals surface area contributed by atoms with E-state index in [-0.39, 0.29) is 0 Å². The van der Waals surface area contributed by atoms with Crippen LogP contribution in [-0.4, -0.2) is 26.3 Å². The number of hydrogen-bond acceptors (Lipinski definition) is 4. The molecule has 2 aromatic heterocycles. The van der Waals surface area contributed by atoms with Gasteiger partial charge >= 0.3 is 0 Å². The van der Waals surface area contributed by atoms with Crippen molar-refractivity contribution in [3.63, 3.8) is 0 Å². The van der Waals surface area contributed by atoms with E-state index in [1.54, 1.807) is 26.0 Å². The Morgan fingerprint density at radius 1 is 0.750 bits per heavy atom. The third-order valence-electron chi connectivity index (χ3n) is 5.82. The van der Waals surface area contributed by atoms with Crippen LogP contribution in [0.5, 0.6) is 17.2 Å². The average molecular weight is 426 g/mol. The van der Waals surface area contributed by atoms with Gasteiger partial charge in [0.1, 0.15) is 0 Å². The third kappa shape index (κ3) is 2.92. The smallest absolute Gasteiger partial charge is 0.252 e. The lowest BCUT2D eigenvalue weighted by molar-refractivity contribution is -0.614. The molecule has 5 aromatic rings. The van der Waals surface area contributed by atoms with E-state index in [0.29, 0.717) is 17.2 Å². The molecule has 0 spiro atoms. The number of para-hydroxylation sites is 1. The van der Waals surface area contributed by atoms with Crippen molar-refractivity contribution in [1.29, 1.82) is 0 Å². The minimum atomic E-state index is 0.543. The first-order valence-electron chi connectivity index (χ1n) is 10.3. The van der Waals surface area contributed by atoms with E-state index in [2.05, 4.69) is 11.1 Å². The van der Waals surface area contributed by atoms with Gasteiger partial charge in [0, 0.05) is 34.1 Å². The van der Waals surface area contributed by atoms with Crippen LogP contribution in [0.15, 0.2) is 72.9 Å². The maximum atomic E-state index is 6.81. The fourth-order valence-electron chi connectivity index (χ4n) is 4.35. The van der Waals surface area contributed by atoms with Crippen LogP contribution in [0.3, 0.4) is 0 Å². The fourth-order valence-corrected chi connectivity index (χ4v) is 4.35. The summed E-state index contributed by atoms with van der Waals surface area (Å²) in [5.74, 6) is 8.52. The molecule has 160 valence electrons. The van der Waals surface area contributed by atoms with Crippen molar-refractivity contribution < 1.29 is 18.9 Å². The van der Waals surface area contributed by atoms with Gasteiger partial charge in [0.15, 0.2) is 11.5 Å². The highest BCUT2D eigenvalue weighted by Gasteiger charge is 2.29. The van der Waals surface area contributed by atoms with E-state index >= 15 is 0 Å². The molecule has 2 heterocycles. The summed E-state index contributed by atoms with van der Waals surface area (Å²) in [6.45, 7) is 0. The molecule has 0 saturated carbocycles. The topological polar surface area (TPSA) is 73.4 Å². The van der Waals surface area contributed by atoms with Crippen molar-refractivity contribution in [3.05, 3.63) is 72.9 Å². The molecule has 0 aliphatic heterocycles. The van der Waals surface area contributed by atoms with E-state index in [0.717, 1.165) is 44.2 Å². The number of aromatic nitrogens is 2. The Balaban J connectivity index is 1.98. The van der Waals surface area contributed by atoms with Crippen molar-refractivity contribution in [2.24, 2.45) is 0 Å². The van der Waals surface area contributed by atoms with Crippen LogP contribution in [-0.2, 0) is 0 Å². The molecule has 0 unspecified atom stereocenters. The Hall–Kier alpha value is -4.19. The fraction of sp³-hybridized carbons (Fsp3) is 0.115. The van der Waals surface area contributed by atoms with Crippen LogP contribution in [0.4, 0.5) is 0 Å². The van der Waals surface area contributed by atoms with Gasteiger partial charge in [-0.05, 0) is 24.3 Å². The summed E-state index contributed by atoms with van der Waals surface area (Å²) in [5.41, 5.74) is 4.71. The van der Waals surface area contributed by atoms with Gasteiger partial charge in [-0.2, -0.15) is 0 Å². The highest BCUT2D eigenvalue weighted by molar-refractivity contribution is 6.06. The molecule has 0 amide bonds. The number of benzene rings is 3. The van der Waals surface area contributed by atoms with Gasteiger partial charge in [-0.1, -0.05) is 41.1 Å². The number of nitrogens with two attached hydrogens (primary N) is 1. The molecule has 3 N–H and O–H groups in total. The second-order valence-electron chi connectivity index (χ2n) is 7.47. The zero-order chi connectivity index (χ0) is 22.2. The van der Waals surface area contributed by atoms with Crippen LogP contribution < -0.4 is 24.7 Å². The molecule has 0 atom stereocenters. The predicted octanol–water partition coefficient (Wildman–Crippen LogP) is 4.68. The molecule has 5 rings (SSSR count). The number of methoxy groups -OCH3 is 3. The number of ether oxygens (including phenoxy) is 3. The summed E-state index contributed by atoms with van der Waals surface area (Å²) in [7, 11) is 4.86. The molecular formula is C26H24N3O3+. The van der Waals surface area contributed by atoms with E-state index in [9.17, 15) is 0 Å². The first-order valence-corrected chi connectivity index (χ1v) is 10.3. The first-order chi connectivity index (χ1) is 15.7. The Bertz CT molecular complexity index is 1440. The number of H-pyrrole nitrogens is 1. The largest absolute Gasteiger partial charge is 0.493 e. The number of nitrogen functional groups attached to an aromatic ring is 1. The number of pyridine rings is 1. The summed E-state index contributed by atoms with van der Waals surface area (Å²) < 4.78 is 18.8. The quantitative estimate of drug-likeness (QED) is 0.316. The molecule has 6 nitrogen and oxygen atoms in total. The van der Waals surface area contributed by atoms with Crippen molar-refractivity contribution in [2.75, 3.05) is 27.2 Å². The van der Waals surface area contributed by atoms with Gasteiger partial charge in [-0.15, -0.1) is 0 Å². The molecule has 3 aromatic carbocycles. The highest BCUT2D eigenvalue weighted by Crippen LogP contribution is 2.46. The van der Waals surface area contributed by atoms with Crippen LogP contribution >= 0.6 is 0 Å². The van der Waals surface area contributed by atoms with Gasteiger partial charge in [0.25, 0.3) is 5.69 Å². The summed E-state index contributed by atoms with van der Waals surface area (Å²) >= 11 is 0. The van der Waals surface area contributed by atoms with Crippen molar-refractivity contribution in [2.45, 2.75) is 0 Å². The molecular weight excluding hydrogens is 402 g/mol. The molecule has 0 radical (unpaired) electrons. The number of hydrogen-bond donors (Lipinski definition) is 2. The molecule has 6 heteroatoms. The van der Waals surface area contributed by atoms with E-state index < -0.39 is 0 Å². The predicted molar refractivity (Wildman–Crippen MR) is 127 cm³/mol. The lowest BCUT2D eigenvalue weighted by Crippen LogP contribution is -2.48. The Morgan fingerprint density at radius 3 is 2.19 bits per heavy atom. The van der Waals surface area contributed by atoms with Gasteiger partial charge in [-0.3, -0.25) is 0 Å². The minimum Gasteiger partial charge on any atom is -0.493 e. The lowest BCUT2D eigenvalue weighted by Gasteiger charge is -2.16. The normalized spacial score (nSPS) is 11.1. The summed E-state index contributed by atoms with van der Waals surface area (Å²) in [4.78, 5) is 3.36. The van der Waals surface area contributed by atoms with Gasteiger partial charge in [-0.25, -0.2) is 5.84 Å². The second kappa shape index (κ2) is 7.81.